The van der Waals surface area contributed by atoms with Crippen molar-refractivity contribution in [1.29, 1.82) is 0 Å². The average molecular weight is 355 g/mol. The van der Waals surface area contributed by atoms with Crippen LogP contribution < -0.4 is 5.32 Å². The Morgan fingerprint density at radius 2 is 0.920 bits per heavy atom. The van der Waals surface area contributed by atoms with E-state index in [1.54, 1.807) is 0 Å². The Morgan fingerprint density at radius 3 is 1.24 bits per heavy atom. The molecule has 0 aromatic carbocycles. The zero-order chi connectivity index (χ0) is 18.6. The van der Waals surface area contributed by atoms with Crippen LogP contribution in [0.25, 0.3) is 0 Å². The third-order valence-electron chi connectivity index (χ3n) is 5.42. The van der Waals surface area contributed by atoms with Gasteiger partial charge in [-0.25, -0.2) is 0 Å². The van der Waals surface area contributed by atoms with Gasteiger partial charge in [0.05, 0.1) is 6.17 Å². The molecule has 1 atom stereocenters. The number of nitrogens with one attached hydrogen (secondary N) is 1. The van der Waals surface area contributed by atoms with Crippen LogP contribution in [-0.2, 0) is 0 Å². The van der Waals surface area contributed by atoms with Crippen molar-refractivity contribution in [3.8, 4) is 0 Å². The highest BCUT2D eigenvalue weighted by molar-refractivity contribution is 4.61. The summed E-state index contributed by atoms with van der Waals surface area (Å²) in [6.07, 6.45) is 24.9. The van der Waals surface area contributed by atoms with E-state index in [1.807, 2.05) is 0 Å². The van der Waals surface area contributed by atoms with Crippen molar-refractivity contribution in [2.75, 3.05) is 20.6 Å². The molecule has 0 amide bonds. The van der Waals surface area contributed by atoms with Crippen molar-refractivity contribution >= 4 is 0 Å². The average Bonchev–Trinajstić information content (AvgIpc) is 2.60. The predicted molar refractivity (Wildman–Crippen MR) is 115 cm³/mol. The summed E-state index contributed by atoms with van der Waals surface area (Å²) in [4.78, 5) is 2.28. The van der Waals surface area contributed by atoms with Gasteiger partial charge in [-0.3, -0.25) is 4.90 Å². The summed E-state index contributed by atoms with van der Waals surface area (Å²) in [5.41, 5.74) is 0. The molecule has 1 N–H and O–H groups in total. The molecule has 2 nitrogen and oxygen atoms in total. The van der Waals surface area contributed by atoms with Gasteiger partial charge < -0.3 is 5.32 Å². The van der Waals surface area contributed by atoms with Crippen molar-refractivity contribution in [2.24, 2.45) is 0 Å². The van der Waals surface area contributed by atoms with E-state index >= 15 is 0 Å². The fourth-order valence-electron chi connectivity index (χ4n) is 3.63. The molecule has 0 radical (unpaired) electrons. The summed E-state index contributed by atoms with van der Waals surface area (Å²) < 4.78 is 0. The maximum absolute atomic E-state index is 3.64. The van der Waals surface area contributed by atoms with Crippen molar-refractivity contribution in [1.82, 2.24) is 10.2 Å². The molecule has 0 aliphatic carbocycles. The van der Waals surface area contributed by atoms with Crippen LogP contribution in [-0.4, -0.2) is 31.7 Å². The molecule has 0 rings (SSSR count). The fraction of sp³-hybridized carbons (Fsp3) is 1.00. The number of rotatable bonds is 20. The van der Waals surface area contributed by atoms with E-state index in [2.05, 4.69) is 38.2 Å². The molecular formula is C23H50N2. The summed E-state index contributed by atoms with van der Waals surface area (Å²) in [5, 5.41) is 3.64. The first kappa shape index (κ1) is 24.9. The van der Waals surface area contributed by atoms with Gasteiger partial charge in [0, 0.05) is 0 Å². The highest BCUT2D eigenvalue weighted by Gasteiger charge is 2.05. The molecule has 152 valence electrons. The van der Waals surface area contributed by atoms with E-state index in [0.717, 1.165) is 0 Å². The molecule has 0 spiro atoms. The first-order valence-corrected chi connectivity index (χ1v) is 11.6. The van der Waals surface area contributed by atoms with E-state index in [9.17, 15) is 0 Å². The lowest BCUT2D eigenvalue weighted by molar-refractivity contribution is 0.238. The molecule has 0 saturated heterocycles. The van der Waals surface area contributed by atoms with Gasteiger partial charge in [-0.1, -0.05) is 110 Å². The topological polar surface area (TPSA) is 15.3 Å². The first-order valence-electron chi connectivity index (χ1n) is 11.6. The Labute approximate surface area is 160 Å². The smallest absolute Gasteiger partial charge is 0.0589 e. The second-order valence-corrected chi connectivity index (χ2v) is 8.15. The van der Waals surface area contributed by atoms with Gasteiger partial charge in [-0.2, -0.15) is 0 Å². The van der Waals surface area contributed by atoms with Crippen molar-refractivity contribution < 1.29 is 0 Å². The number of unbranched alkanes of at least 4 members (excludes halogenated alkanes) is 15. The molecular weight excluding hydrogens is 304 g/mol. The van der Waals surface area contributed by atoms with Gasteiger partial charge in [0.1, 0.15) is 0 Å². The van der Waals surface area contributed by atoms with Gasteiger partial charge in [0.15, 0.2) is 0 Å². The Hall–Kier alpha value is -0.0800. The lowest BCUT2D eigenvalue weighted by Crippen LogP contribution is -2.41. The molecule has 0 heterocycles. The van der Waals surface area contributed by atoms with Gasteiger partial charge in [0.25, 0.3) is 0 Å². The predicted octanol–water partition coefficient (Wildman–Crippen LogP) is 7.14. The summed E-state index contributed by atoms with van der Waals surface area (Å²) in [6, 6.07) is 0. The number of hydrogen-bond donors (Lipinski definition) is 1. The van der Waals surface area contributed by atoms with E-state index in [-0.39, 0.29) is 0 Å². The first-order chi connectivity index (χ1) is 12.2. The van der Waals surface area contributed by atoms with Gasteiger partial charge in [-0.15, -0.1) is 0 Å². The van der Waals surface area contributed by atoms with E-state index in [4.69, 9.17) is 0 Å². The third kappa shape index (κ3) is 18.5. The van der Waals surface area contributed by atoms with E-state index < -0.39 is 0 Å². The maximum Gasteiger partial charge on any atom is 0.0589 e. The second-order valence-electron chi connectivity index (χ2n) is 8.15. The van der Waals surface area contributed by atoms with Crippen LogP contribution in [0.5, 0.6) is 0 Å². The molecule has 0 aliphatic rings. The SMILES string of the molecule is CCCCCCCCCCCCCCCCCCNC(CC)N(C)C. The Bertz CT molecular complexity index is 240. The Morgan fingerprint density at radius 1 is 0.560 bits per heavy atom. The maximum atomic E-state index is 3.64. The van der Waals surface area contributed by atoms with Gasteiger partial charge >= 0.3 is 0 Å². The van der Waals surface area contributed by atoms with Crippen molar-refractivity contribution in [3.05, 3.63) is 0 Å². The quantitative estimate of drug-likeness (QED) is 0.185. The summed E-state index contributed by atoms with van der Waals surface area (Å²) in [5.74, 6) is 0. The highest BCUT2D eigenvalue weighted by atomic mass is 15.2. The minimum Gasteiger partial charge on any atom is -0.302 e. The Kier molecular flexibility index (Phi) is 20.2. The van der Waals surface area contributed by atoms with Crippen molar-refractivity contribution in [3.63, 3.8) is 0 Å². The summed E-state index contributed by atoms with van der Waals surface area (Å²) in [6.45, 7) is 5.73. The number of nitrogens with zero attached hydrogens (tertiary/aromatic N) is 1. The standard InChI is InChI=1S/C23H50N2/c1-5-7-8-9-10-11-12-13-14-15-16-17-18-19-20-21-22-24-23(6-2)25(3)4/h23-24H,5-22H2,1-4H3. The fourth-order valence-corrected chi connectivity index (χ4v) is 3.63. The molecule has 0 bridgehead atoms. The van der Waals surface area contributed by atoms with Crippen LogP contribution in [0.4, 0.5) is 0 Å². The van der Waals surface area contributed by atoms with Crippen molar-refractivity contribution in [2.45, 2.75) is 129 Å². The van der Waals surface area contributed by atoms with Gasteiger partial charge in [0.2, 0.25) is 0 Å². The molecule has 1 unspecified atom stereocenters. The lowest BCUT2D eigenvalue weighted by atomic mass is 10.0. The monoisotopic (exact) mass is 354 g/mol. The van der Waals surface area contributed by atoms with Crippen LogP contribution in [0, 0.1) is 0 Å². The third-order valence-corrected chi connectivity index (χ3v) is 5.42. The van der Waals surface area contributed by atoms with Crippen LogP contribution >= 0.6 is 0 Å². The summed E-state index contributed by atoms with van der Waals surface area (Å²) >= 11 is 0. The van der Waals surface area contributed by atoms with Crippen LogP contribution in [0.15, 0.2) is 0 Å². The minimum absolute atomic E-state index is 0.552. The van der Waals surface area contributed by atoms with E-state index in [0.29, 0.717) is 6.17 Å². The molecule has 0 saturated carbocycles. The molecule has 0 aromatic heterocycles. The zero-order valence-corrected chi connectivity index (χ0v) is 18.3. The molecule has 0 aliphatic heterocycles. The Balaban J connectivity index is 3.09. The summed E-state index contributed by atoms with van der Waals surface area (Å²) in [7, 11) is 4.32. The molecule has 0 aromatic rings. The molecule has 0 fully saturated rings. The van der Waals surface area contributed by atoms with Gasteiger partial charge in [-0.05, 0) is 33.5 Å². The second kappa shape index (κ2) is 20.2. The lowest BCUT2D eigenvalue weighted by Gasteiger charge is -2.24. The van der Waals surface area contributed by atoms with E-state index in [1.165, 1.54) is 116 Å². The van der Waals surface area contributed by atoms with Crippen LogP contribution in [0.2, 0.25) is 0 Å². The minimum atomic E-state index is 0.552. The molecule has 25 heavy (non-hydrogen) atoms. The molecule has 2 heteroatoms. The largest absolute Gasteiger partial charge is 0.302 e. The normalized spacial score (nSPS) is 12.8. The van der Waals surface area contributed by atoms with Crippen LogP contribution in [0.3, 0.4) is 0 Å². The number of hydrogen-bond acceptors (Lipinski definition) is 2. The highest BCUT2D eigenvalue weighted by Crippen LogP contribution is 2.13. The zero-order valence-electron chi connectivity index (χ0n) is 18.3. The van der Waals surface area contributed by atoms with Crippen LogP contribution in [0.1, 0.15) is 123 Å².